The molecule has 3 amide bonds. The zero-order chi connectivity index (χ0) is 14.5. The number of nitrogens with two attached hydrogens (primary N) is 1. The second kappa shape index (κ2) is 6.28. The molecule has 106 valence electrons. The maximum Gasteiger partial charge on any atom is 0.321 e. The second-order valence-electron chi connectivity index (χ2n) is 4.83. The Kier molecular flexibility index (Phi) is 4.99. The number of urea groups is 1. The molecule has 0 fully saturated rings. The molecule has 1 heterocycles. The van der Waals surface area contributed by atoms with Gasteiger partial charge >= 0.3 is 6.03 Å². The first-order valence-corrected chi connectivity index (χ1v) is 6.10. The van der Waals surface area contributed by atoms with Crippen LogP contribution in [0.3, 0.4) is 0 Å². The Bertz CT molecular complexity index is 448. The number of nitrogens with one attached hydrogen (secondary N) is 2. The van der Waals surface area contributed by atoms with E-state index in [0.717, 1.165) is 6.42 Å². The van der Waals surface area contributed by atoms with E-state index in [4.69, 9.17) is 5.73 Å². The molecule has 0 radical (unpaired) electrons. The van der Waals surface area contributed by atoms with Gasteiger partial charge in [0, 0.05) is 6.54 Å². The first-order chi connectivity index (χ1) is 8.82. The lowest BCUT2D eigenvalue weighted by Gasteiger charge is -2.13. The molecule has 0 aliphatic heterocycles. The van der Waals surface area contributed by atoms with Crippen molar-refractivity contribution in [1.82, 2.24) is 25.6 Å². The van der Waals surface area contributed by atoms with E-state index in [1.807, 2.05) is 6.92 Å². The minimum atomic E-state index is -0.618. The van der Waals surface area contributed by atoms with Crippen molar-refractivity contribution >= 4 is 11.9 Å². The molecule has 0 saturated carbocycles. The van der Waals surface area contributed by atoms with Crippen molar-refractivity contribution < 1.29 is 9.59 Å². The number of hydrogen-bond donors (Lipinski definition) is 3. The number of amides is 3. The van der Waals surface area contributed by atoms with Crippen molar-refractivity contribution in [3.63, 3.8) is 0 Å². The van der Waals surface area contributed by atoms with Crippen LogP contribution in [-0.2, 0) is 16.9 Å². The van der Waals surface area contributed by atoms with Crippen molar-refractivity contribution in [2.75, 3.05) is 6.54 Å². The highest BCUT2D eigenvalue weighted by atomic mass is 16.2. The van der Waals surface area contributed by atoms with Crippen molar-refractivity contribution in [2.24, 2.45) is 5.73 Å². The Hall–Kier alpha value is -1.96. The average Bonchev–Trinajstić information content (AvgIpc) is 2.74. The molecule has 1 aromatic heterocycles. The zero-order valence-electron chi connectivity index (χ0n) is 11.4. The van der Waals surface area contributed by atoms with E-state index >= 15 is 0 Å². The molecular weight excluding hydrogens is 248 g/mol. The van der Waals surface area contributed by atoms with Gasteiger partial charge in [-0.05, 0) is 20.3 Å². The van der Waals surface area contributed by atoms with Gasteiger partial charge in [0.25, 0.3) is 0 Å². The van der Waals surface area contributed by atoms with Crippen LogP contribution in [0.5, 0.6) is 0 Å². The fraction of sp³-hybridized carbons (Fsp3) is 0.636. The summed E-state index contributed by atoms with van der Waals surface area (Å²) in [7, 11) is 0. The molecule has 0 atom stereocenters. The monoisotopic (exact) mass is 268 g/mol. The second-order valence-corrected chi connectivity index (χ2v) is 4.83. The largest absolute Gasteiger partial charge is 0.338 e. The number of carbonyl (C=O) groups excluding carboxylic acids is 2. The molecule has 0 spiro atoms. The van der Waals surface area contributed by atoms with Crippen LogP contribution in [0, 0.1) is 0 Å². The molecule has 0 aliphatic carbocycles. The molecule has 4 N–H and O–H groups in total. The topological polar surface area (TPSA) is 115 Å². The maximum absolute atomic E-state index is 11.6. The number of rotatable bonds is 5. The van der Waals surface area contributed by atoms with Crippen molar-refractivity contribution in [3.05, 3.63) is 11.9 Å². The molecule has 0 aromatic carbocycles. The fourth-order valence-electron chi connectivity index (χ4n) is 1.27. The van der Waals surface area contributed by atoms with Crippen LogP contribution >= 0.6 is 0 Å². The van der Waals surface area contributed by atoms with Gasteiger partial charge in [-0.1, -0.05) is 12.1 Å². The lowest BCUT2D eigenvalue weighted by Crippen LogP contribution is -2.41. The van der Waals surface area contributed by atoms with Crippen molar-refractivity contribution in [3.8, 4) is 0 Å². The third kappa shape index (κ3) is 5.04. The van der Waals surface area contributed by atoms with Gasteiger partial charge in [0.1, 0.15) is 12.2 Å². The quantitative estimate of drug-likeness (QED) is 0.678. The summed E-state index contributed by atoms with van der Waals surface area (Å²) in [4.78, 5) is 22.8. The number of imide groups is 1. The molecular formula is C11H20N6O2. The van der Waals surface area contributed by atoms with Crippen molar-refractivity contribution in [2.45, 2.75) is 39.3 Å². The molecule has 0 bridgehead atoms. The van der Waals surface area contributed by atoms with E-state index in [1.54, 1.807) is 20.0 Å². The van der Waals surface area contributed by atoms with Gasteiger partial charge in [-0.25, -0.2) is 9.48 Å². The van der Waals surface area contributed by atoms with Crippen LogP contribution in [0.4, 0.5) is 4.79 Å². The van der Waals surface area contributed by atoms with Gasteiger partial charge in [-0.3, -0.25) is 10.1 Å². The maximum atomic E-state index is 11.6. The lowest BCUT2D eigenvalue weighted by atomic mass is 10.0. The highest BCUT2D eigenvalue weighted by Gasteiger charge is 2.19. The third-order valence-electron chi connectivity index (χ3n) is 2.29. The molecule has 8 nitrogen and oxygen atoms in total. The SMILES string of the molecule is CCCNC(=O)NC(=O)Cn1cc(C(C)(C)N)nn1. The predicted octanol–water partition coefficient (Wildman–Crippen LogP) is -0.292. The number of aromatic nitrogens is 3. The molecule has 0 unspecified atom stereocenters. The van der Waals surface area contributed by atoms with E-state index in [-0.39, 0.29) is 6.54 Å². The highest BCUT2D eigenvalue weighted by molar-refractivity contribution is 5.94. The van der Waals surface area contributed by atoms with Crippen LogP contribution in [0.15, 0.2) is 6.20 Å². The van der Waals surface area contributed by atoms with E-state index in [9.17, 15) is 9.59 Å². The Labute approximate surface area is 111 Å². The summed E-state index contributed by atoms with van der Waals surface area (Å²) in [5, 5.41) is 12.4. The molecule has 1 aromatic rings. The predicted molar refractivity (Wildman–Crippen MR) is 69.1 cm³/mol. The van der Waals surface area contributed by atoms with Crippen LogP contribution in [0.2, 0.25) is 0 Å². The van der Waals surface area contributed by atoms with E-state index in [1.165, 1.54) is 4.68 Å². The summed E-state index contributed by atoms with van der Waals surface area (Å²) in [5.74, 6) is -0.458. The summed E-state index contributed by atoms with van der Waals surface area (Å²) in [5.41, 5.74) is 5.82. The van der Waals surface area contributed by atoms with Gasteiger partial charge in [-0.2, -0.15) is 0 Å². The smallest absolute Gasteiger partial charge is 0.321 e. The summed E-state index contributed by atoms with van der Waals surface area (Å²) in [6.07, 6.45) is 2.39. The first-order valence-electron chi connectivity index (χ1n) is 6.10. The van der Waals surface area contributed by atoms with Crippen LogP contribution in [-0.4, -0.2) is 33.5 Å². The van der Waals surface area contributed by atoms with E-state index < -0.39 is 17.5 Å². The third-order valence-corrected chi connectivity index (χ3v) is 2.29. The van der Waals surface area contributed by atoms with Crippen LogP contribution in [0.25, 0.3) is 0 Å². The Balaban J connectivity index is 2.49. The molecule has 8 heteroatoms. The first kappa shape index (κ1) is 15.1. The van der Waals surface area contributed by atoms with Gasteiger partial charge in [-0.15, -0.1) is 5.10 Å². The van der Waals surface area contributed by atoms with E-state index in [0.29, 0.717) is 12.2 Å². The fourth-order valence-corrected chi connectivity index (χ4v) is 1.27. The Morgan fingerprint density at radius 2 is 2.16 bits per heavy atom. The van der Waals surface area contributed by atoms with Gasteiger partial charge in [0.2, 0.25) is 5.91 Å². The Morgan fingerprint density at radius 1 is 1.47 bits per heavy atom. The summed E-state index contributed by atoms with van der Waals surface area (Å²) in [6.45, 7) is 5.95. The standard InChI is InChI=1S/C11H20N6O2/c1-4-5-13-10(19)14-9(18)7-17-6-8(15-16-17)11(2,3)12/h6H,4-5,7,12H2,1-3H3,(H2,13,14,18,19). The summed E-state index contributed by atoms with van der Waals surface area (Å²) < 4.78 is 1.34. The lowest BCUT2D eigenvalue weighted by molar-refractivity contribution is -0.120. The van der Waals surface area contributed by atoms with Crippen molar-refractivity contribution in [1.29, 1.82) is 0 Å². The van der Waals surface area contributed by atoms with Crippen LogP contribution < -0.4 is 16.4 Å². The normalized spacial score (nSPS) is 11.2. The summed E-state index contributed by atoms with van der Waals surface area (Å²) in [6, 6.07) is -0.508. The van der Waals surface area contributed by atoms with Gasteiger partial charge in [0.05, 0.1) is 11.7 Å². The highest BCUT2D eigenvalue weighted by Crippen LogP contribution is 2.12. The Morgan fingerprint density at radius 3 is 2.68 bits per heavy atom. The van der Waals surface area contributed by atoms with Gasteiger partial charge in [0.15, 0.2) is 0 Å². The molecule has 19 heavy (non-hydrogen) atoms. The minimum Gasteiger partial charge on any atom is -0.338 e. The molecule has 0 saturated heterocycles. The number of hydrogen-bond acceptors (Lipinski definition) is 5. The number of carbonyl (C=O) groups is 2. The van der Waals surface area contributed by atoms with Crippen LogP contribution in [0.1, 0.15) is 32.9 Å². The average molecular weight is 268 g/mol. The molecule has 0 aliphatic rings. The number of nitrogens with zero attached hydrogens (tertiary/aromatic N) is 3. The minimum absolute atomic E-state index is 0.0807. The molecule has 1 rings (SSSR count). The zero-order valence-corrected chi connectivity index (χ0v) is 11.4. The summed E-state index contributed by atoms with van der Waals surface area (Å²) >= 11 is 0. The van der Waals surface area contributed by atoms with Gasteiger partial charge < -0.3 is 11.1 Å². The van der Waals surface area contributed by atoms with E-state index in [2.05, 4.69) is 20.9 Å².